The second-order valence-electron chi connectivity index (χ2n) is 4.75. The van der Waals surface area contributed by atoms with Crippen LogP contribution in [0.5, 0.6) is 0 Å². The van der Waals surface area contributed by atoms with Crippen molar-refractivity contribution >= 4 is 44.8 Å². The van der Waals surface area contributed by atoms with Gasteiger partial charge in [0.05, 0.1) is 29.7 Å². The lowest BCUT2D eigenvalue weighted by atomic mass is 10.3. The average Bonchev–Trinajstić information content (AvgIpc) is 2.49. The highest BCUT2D eigenvalue weighted by Crippen LogP contribution is 2.25. The van der Waals surface area contributed by atoms with Gasteiger partial charge in [0.1, 0.15) is 0 Å². The lowest BCUT2D eigenvalue weighted by Crippen LogP contribution is -2.42. The number of carbonyl (C=O) groups is 1. The number of halogens is 2. The van der Waals surface area contributed by atoms with E-state index in [0.29, 0.717) is 42.0 Å². The van der Waals surface area contributed by atoms with E-state index in [4.69, 9.17) is 27.9 Å². The molecule has 0 radical (unpaired) electrons. The third-order valence-electron chi connectivity index (χ3n) is 3.16. The number of carbonyl (C=O) groups excluding carboxylic acids is 1. The molecule has 1 heterocycles. The lowest BCUT2D eigenvalue weighted by Gasteiger charge is -2.25. The van der Waals surface area contributed by atoms with Crippen LogP contribution >= 0.6 is 23.2 Å². The number of nitrogens with one attached hydrogen (secondary N) is 1. The quantitative estimate of drug-likeness (QED) is 0.864. The smallest absolute Gasteiger partial charge is 0.225 e. The molecule has 1 aromatic carbocycles. The van der Waals surface area contributed by atoms with Crippen molar-refractivity contribution in [3.63, 3.8) is 0 Å². The van der Waals surface area contributed by atoms with E-state index < -0.39 is 15.9 Å². The fourth-order valence-corrected chi connectivity index (χ4v) is 3.84. The summed E-state index contributed by atoms with van der Waals surface area (Å²) in [6.45, 7) is 1.41. The zero-order valence-electron chi connectivity index (χ0n) is 11.7. The Hall–Kier alpha value is -0.860. The van der Waals surface area contributed by atoms with Crippen LogP contribution in [0.15, 0.2) is 18.2 Å². The minimum atomic E-state index is -3.45. The van der Waals surface area contributed by atoms with Gasteiger partial charge in [-0.2, -0.15) is 4.31 Å². The Morgan fingerprint density at radius 1 is 1.27 bits per heavy atom. The standard InChI is InChI=1S/C13H16Cl2N2O4S/c14-10-1-2-12(11(15)9-10)16-13(18)3-8-22(19,20)17-4-6-21-7-5-17/h1-2,9H,3-8H2,(H,16,18). The van der Waals surface area contributed by atoms with Gasteiger partial charge in [0.2, 0.25) is 15.9 Å². The number of ether oxygens (including phenoxy) is 1. The molecule has 1 aromatic rings. The van der Waals surface area contributed by atoms with E-state index in [1.807, 2.05) is 0 Å². The van der Waals surface area contributed by atoms with Crippen molar-refractivity contribution in [3.05, 3.63) is 28.2 Å². The Morgan fingerprint density at radius 2 is 1.95 bits per heavy atom. The molecule has 122 valence electrons. The van der Waals surface area contributed by atoms with Crippen LogP contribution in [0.3, 0.4) is 0 Å². The molecule has 6 nitrogen and oxygen atoms in total. The Kier molecular flexibility index (Phi) is 6.05. The summed E-state index contributed by atoms with van der Waals surface area (Å²) >= 11 is 11.7. The van der Waals surface area contributed by atoms with Crippen LogP contribution in [-0.2, 0) is 19.6 Å². The number of benzene rings is 1. The van der Waals surface area contributed by atoms with Gasteiger partial charge in [-0.1, -0.05) is 23.2 Å². The first-order valence-electron chi connectivity index (χ1n) is 6.69. The fourth-order valence-electron chi connectivity index (χ4n) is 1.98. The summed E-state index contributed by atoms with van der Waals surface area (Å²) in [5.74, 6) is -0.662. The van der Waals surface area contributed by atoms with Crippen molar-refractivity contribution in [2.24, 2.45) is 0 Å². The molecule has 1 aliphatic rings. The first kappa shape index (κ1) is 17.5. The highest BCUT2D eigenvalue weighted by molar-refractivity contribution is 7.89. The molecule has 0 bridgehead atoms. The molecule has 1 amide bonds. The molecule has 0 atom stereocenters. The number of amides is 1. The van der Waals surface area contributed by atoms with Gasteiger partial charge in [0.15, 0.2) is 0 Å². The molecule has 22 heavy (non-hydrogen) atoms. The van der Waals surface area contributed by atoms with E-state index in [-0.39, 0.29) is 12.2 Å². The molecular weight excluding hydrogens is 351 g/mol. The summed E-state index contributed by atoms with van der Waals surface area (Å²) in [6, 6.07) is 4.66. The Bertz CT molecular complexity index is 645. The molecule has 1 aliphatic heterocycles. The van der Waals surface area contributed by atoms with Crippen LogP contribution < -0.4 is 5.32 Å². The van der Waals surface area contributed by atoms with Crippen LogP contribution in [0.2, 0.25) is 10.0 Å². The van der Waals surface area contributed by atoms with Crippen molar-refractivity contribution in [1.82, 2.24) is 4.31 Å². The molecule has 2 rings (SSSR count). The summed E-state index contributed by atoms with van der Waals surface area (Å²) < 4.78 is 30.7. The number of nitrogens with zero attached hydrogens (tertiary/aromatic N) is 1. The zero-order valence-corrected chi connectivity index (χ0v) is 14.0. The van der Waals surface area contributed by atoms with Crippen molar-refractivity contribution < 1.29 is 17.9 Å². The fraction of sp³-hybridized carbons (Fsp3) is 0.462. The van der Waals surface area contributed by atoms with E-state index in [2.05, 4.69) is 5.32 Å². The van der Waals surface area contributed by atoms with Gasteiger partial charge in [0, 0.05) is 24.5 Å². The second-order valence-corrected chi connectivity index (χ2v) is 7.68. The number of hydrogen-bond acceptors (Lipinski definition) is 4. The maximum atomic E-state index is 12.1. The van der Waals surface area contributed by atoms with Gasteiger partial charge >= 0.3 is 0 Å². The first-order valence-corrected chi connectivity index (χ1v) is 9.05. The summed E-state index contributed by atoms with van der Waals surface area (Å²) in [6.07, 6.45) is -0.140. The van der Waals surface area contributed by atoms with Gasteiger partial charge < -0.3 is 10.1 Å². The minimum Gasteiger partial charge on any atom is -0.379 e. The van der Waals surface area contributed by atoms with Crippen molar-refractivity contribution in [1.29, 1.82) is 0 Å². The van der Waals surface area contributed by atoms with Crippen LogP contribution in [0.4, 0.5) is 5.69 Å². The molecule has 0 aromatic heterocycles. The normalized spacial score (nSPS) is 16.5. The zero-order chi connectivity index (χ0) is 16.2. The maximum absolute atomic E-state index is 12.1. The number of morpholine rings is 1. The Morgan fingerprint density at radius 3 is 2.59 bits per heavy atom. The molecule has 1 fully saturated rings. The van der Waals surface area contributed by atoms with E-state index in [1.165, 1.54) is 10.4 Å². The average molecular weight is 367 g/mol. The van der Waals surface area contributed by atoms with E-state index >= 15 is 0 Å². The summed E-state index contributed by atoms with van der Waals surface area (Å²) in [4.78, 5) is 11.9. The summed E-state index contributed by atoms with van der Waals surface area (Å²) in [5, 5.41) is 3.33. The van der Waals surface area contributed by atoms with Gasteiger partial charge in [-0.25, -0.2) is 8.42 Å². The van der Waals surface area contributed by atoms with Crippen LogP contribution in [0, 0.1) is 0 Å². The molecular formula is C13H16Cl2N2O4S. The van der Waals surface area contributed by atoms with E-state index in [9.17, 15) is 13.2 Å². The Labute approximate surface area is 139 Å². The maximum Gasteiger partial charge on any atom is 0.225 e. The topological polar surface area (TPSA) is 75.7 Å². The molecule has 1 saturated heterocycles. The Balaban J connectivity index is 1.89. The largest absolute Gasteiger partial charge is 0.379 e. The molecule has 9 heteroatoms. The van der Waals surface area contributed by atoms with Crippen molar-refractivity contribution in [2.45, 2.75) is 6.42 Å². The molecule has 0 aliphatic carbocycles. The van der Waals surface area contributed by atoms with E-state index in [0.717, 1.165) is 0 Å². The molecule has 1 N–H and O–H groups in total. The third kappa shape index (κ3) is 4.82. The monoisotopic (exact) mass is 366 g/mol. The van der Waals surface area contributed by atoms with Gasteiger partial charge in [-0.3, -0.25) is 4.79 Å². The lowest BCUT2D eigenvalue weighted by molar-refractivity contribution is -0.115. The number of rotatable bonds is 5. The number of anilines is 1. The van der Waals surface area contributed by atoms with E-state index in [1.54, 1.807) is 12.1 Å². The van der Waals surface area contributed by atoms with Crippen molar-refractivity contribution in [3.8, 4) is 0 Å². The molecule has 0 unspecified atom stereocenters. The minimum absolute atomic E-state index is 0.140. The number of hydrogen-bond donors (Lipinski definition) is 1. The van der Waals surface area contributed by atoms with Gasteiger partial charge in [-0.15, -0.1) is 0 Å². The molecule has 0 saturated carbocycles. The predicted molar refractivity (Wildman–Crippen MR) is 85.9 cm³/mol. The number of sulfonamides is 1. The van der Waals surface area contributed by atoms with Crippen LogP contribution in [-0.4, -0.2) is 50.7 Å². The second kappa shape index (κ2) is 7.61. The third-order valence-corrected chi connectivity index (χ3v) is 5.58. The highest BCUT2D eigenvalue weighted by Gasteiger charge is 2.24. The summed E-state index contributed by atoms with van der Waals surface area (Å²) in [5.41, 5.74) is 0.403. The van der Waals surface area contributed by atoms with Crippen LogP contribution in [0.25, 0.3) is 0 Å². The van der Waals surface area contributed by atoms with Crippen molar-refractivity contribution in [2.75, 3.05) is 37.4 Å². The first-order chi connectivity index (χ1) is 10.4. The molecule has 0 spiro atoms. The predicted octanol–water partition coefficient (Wildman–Crippen LogP) is 1.98. The van der Waals surface area contributed by atoms with Gasteiger partial charge in [0.25, 0.3) is 0 Å². The summed E-state index contributed by atoms with van der Waals surface area (Å²) in [7, 11) is -3.45. The van der Waals surface area contributed by atoms with Crippen LogP contribution in [0.1, 0.15) is 6.42 Å². The van der Waals surface area contributed by atoms with Gasteiger partial charge in [-0.05, 0) is 18.2 Å². The highest BCUT2D eigenvalue weighted by atomic mass is 35.5. The SMILES string of the molecule is O=C(CCS(=O)(=O)N1CCOCC1)Nc1ccc(Cl)cc1Cl.